The van der Waals surface area contributed by atoms with Gasteiger partial charge in [-0.15, -0.1) is 0 Å². The van der Waals surface area contributed by atoms with Gasteiger partial charge in [-0.3, -0.25) is 0 Å². The number of hydrogen-bond acceptors (Lipinski definition) is 4. The van der Waals surface area contributed by atoms with Crippen LogP contribution in [-0.2, 0) is 4.74 Å². The highest BCUT2D eigenvalue weighted by molar-refractivity contribution is 5.30. The van der Waals surface area contributed by atoms with Crippen LogP contribution in [0.3, 0.4) is 0 Å². The third-order valence-corrected chi connectivity index (χ3v) is 1.87. The molecule has 0 saturated heterocycles. The van der Waals surface area contributed by atoms with Crippen LogP contribution in [0.15, 0.2) is 24.3 Å². The molecule has 1 atom stereocenters. The van der Waals surface area contributed by atoms with Crippen molar-refractivity contribution in [2.75, 3.05) is 20.3 Å². The molecule has 3 N–H and O–H groups in total. The highest BCUT2D eigenvalue weighted by Gasteiger charge is 2.04. The summed E-state index contributed by atoms with van der Waals surface area (Å²) in [6.07, 6.45) is -0.0937. The number of phenolic OH excluding ortho intramolecular Hbond substituents is 1. The molecule has 0 aromatic heterocycles. The molecule has 0 heterocycles. The molecule has 0 bridgehead atoms. The van der Waals surface area contributed by atoms with Crippen LogP contribution in [-0.4, -0.2) is 31.5 Å². The largest absolute Gasteiger partial charge is 0.508 e. The maximum Gasteiger partial charge on any atom is 0.119 e. The molecule has 0 amide bonds. The van der Waals surface area contributed by atoms with Gasteiger partial charge in [-0.25, -0.2) is 0 Å². The Morgan fingerprint density at radius 3 is 2.50 bits per heavy atom. The number of ether oxygens (including phenoxy) is 2. The van der Waals surface area contributed by atoms with Crippen LogP contribution in [0.5, 0.6) is 11.5 Å². The van der Waals surface area contributed by atoms with Crippen LogP contribution in [0.1, 0.15) is 0 Å². The summed E-state index contributed by atoms with van der Waals surface area (Å²) in [5.41, 5.74) is 5.43. The molecule has 4 nitrogen and oxygen atoms in total. The molecule has 0 radical (unpaired) electrons. The summed E-state index contributed by atoms with van der Waals surface area (Å²) in [5.74, 6) is 0.915. The van der Waals surface area contributed by atoms with Gasteiger partial charge in [-0.2, -0.15) is 0 Å². The van der Waals surface area contributed by atoms with E-state index in [4.69, 9.17) is 20.3 Å². The first kappa shape index (κ1) is 10.8. The van der Waals surface area contributed by atoms with E-state index in [9.17, 15) is 0 Å². The van der Waals surface area contributed by atoms with Gasteiger partial charge >= 0.3 is 0 Å². The van der Waals surface area contributed by atoms with E-state index in [1.54, 1.807) is 31.4 Å². The van der Waals surface area contributed by atoms with E-state index in [0.29, 0.717) is 18.9 Å². The molecule has 1 aromatic carbocycles. The van der Waals surface area contributed by atoms with Crippen LogP contribution in [0.2, 0.25) is 0 Å². The van der Waals surface area contributed by atoms with Crippen molar-refractivity contribution in [2.45, 2.75) is 6.10 Å². The molecular formula is C10H15NO3. The van der Waals surface area contributed by atoms with Crippen LogP contribution in [0.25, 0.3) is 0 Å². The van der Waals surface area contributed by atoms with E-state index < -0.39 is 0 Å². The SMILES string of the molecule is COC(CN)COc1ccc(O)cc1. The first-order valence-corrected chi connectivity index (χ1v) is 4.41. The van der Waals surface area contributed by atoms with E-state index >= 15 is 0 Å². The number of phenols is 1. The molecule has 14 heavy (non-hydrogen) atoms. The summed E-state index contributed by atoms with van der Waals surface area (Å²) >= 11 is 0. The zero-order valence-electron chi connectivity index (χ0n) is 8.14. The lowest BCUT2D eigenvalue weighted by Crippen LogP contribution is -2.28. The lowest BCUT2D eigenvalue weighted by molar-refractivity contribution is 0.0643. The van der Waals surface area contributed by atoms with Crippen molar-refractivity contribution >= 4 is 0 Å². The molecule has 78 valence electrons. The Kier molecular flexibility index (Phi) is 4.22. The fourth-order valence-electron chi connectivity index (χ4n) is 0.964. The number of methoxy groups -OCH3 is 1. The van der Waals surface area contributed by atoms with Crippen molar-refractivity contribution in [1.29, 1.82) is 0 Å². The number of hydrogen-bond donors (Lipinski definition) is 2. The van der Waals surface area contributed by atoms with Crippen LogP contribution in [0.4, 0.5) is 0 Å². The van der Waals surface area contributed by atoms with Gasteiger partial charge in [0.25, 0.3) is 0 Å². The summed E-state index contributed by atoms with van der Waals surface area (Å²) in [6.45, 7) is 0.840. The van der Waals surface area contributed by atoms with Gasteiger partial charge in [0.05, 0.1) is 0 Å². The monoisotopic (exact) mass is 197 g/mol. The number of aromatic hydroxyl groups is 1. The Hall–Kier alpha value is -1.26. The molecule has 0 saturated carbocycles. The van der Waals surface area contributed by atoms with E-state index in [0.717, 1.165) is 0 Å². The van der Waals surface area contributed by atoms with Gasteiger partial charge in [-0.05, 0) is 24.3 Å². The van der Waals surface area contributed by atoms with E-state index in [-0.39, 0.29) is 11.9 Å². The minimum absolute atomic E-state index is 0.0937. The van der Waals surface area contributed by atoms with Crippen LogP contribution in [0, 0.1) is 0 Å². The Labute approximate surface area is 83.3 Å². The summed E-state index contributed by atoms with van der Waals surface area (Å²) in [6, 6.07) is 6.52. The molecule has 0 aliphatic heterocycles. The number of nitrogens with two attached hydrogens (primary N) is 1. The zero-order chi connectivity index (χ0) is 10.4. The first-order valence-electron chi connectivity index (χ1n) is 4.41. The summed E-state index contributed by atoms with van der Waals surface area (Å²) < 4.78 is 10.4. The van der Waals surface area contributed by atoms with E-state index in [2.05, 4.69) is 0 Å². The third-order valence-electron chi connectivity index (χ3n) is 1.87. The summed E-state index contributed by atoms with van der Waals surface area (Å²) in [4.78, 5) is 0. The quantitative estimate of drug-likeness (QED) is 0.731. The molecule has 4 heteroatoms. The molecule has 0 aliphatic carbocycles. The zero-order valence-corrected chi connectivity index (χ0v) is 8.14. The molecule has 1 unspecified atom stereocenters. The molecule has 1 rings (SSSR count). The number of rotatable bonds is 5. The van der Waals surface area contributed by atoms with Gasteiger partial charge in [-0.1, -0.05) is 0 Å². The van der Waals surface area contributed by atoms with Crippen molar-refractivity contribution < 1.29 is 14.6 Å². The Balaban J connectivity index is 2.41. The second-order valence-electron chi connectivity index (χ2n) is 2.90. The molecule has 0 spiro atoms. The lowest BCUT2D eigenvalue weighted by atomic mass is 10.3. The van der Waals surface area contributed by atoms with Gasteiger partial charge < -0.3 is 20.3 Å². The van der Waals surface area contributed by atoms with Crippen molar-refractivity contribution in [3.63, 3.8) is 0 Å². The average molecular weight is 197 g/mol. The summed E-state index contributed by atoms with van der Waals surface area (Å²) in [7, 11) is 1.59. The minimum Gasteiger partial charge on any atom is -0.508 e. The predicted octanol–water partition coefficient (Wildman–Crippen LogP) is 0.745. The standard InChI is InChI=1S/C10H15NO3/c1-13-10(6-11)7-14-9-4-2-8(12)3-5-9/h2-5,10,12H,6-7,11H2,1H3. The van der Waals surface area contributed by atoms with Gasteiger partial charge in [0.1, 0.15) is 24.2 Å². The maximum atomic E-state index is 9.03. The minimum atomic E-state index is -0.0937. The highest BCUT2D eigenvalue weighted by atomic mass is 16.5. The normalized spacial score (nSPS) is 12.4. The highest BCUT2D eigenvalue weighted by Crippen LogP contribution is 2.15. The van der Waals surface area contributed by atoms with E-state index in [1.807, 2.05) is 0 Å². The van der Waals surface area contributed by atoms with Crippen molar-refractivity contribution in [3.8, 4) is 11.5 Å². The fourth-order valence-corrected chi connectivity index (χ4v) is 0.964. The van der Waals surface area contributed by atoms with Crippen LogP contribution >= 0.6 is 0 Å². The Bertz CT molecular complexity index is 257. The topological polar surface area (TPSA) is 64.7 Å². The smallest absolute Gasteiger partial charge is 0.119 e. The average Bonchev–Trinajstić information content (AvgIpc) is 2.22. The van der Waals surface area contributed by atoms with Gasteiger partial charge in [0.2, 0.25) is 0 Å². The molecule has 0 fully saturated rings. The first-order chi connectivity index (χ1) is 6.76. The summed E-state index contributed by atoms with van der Waals surface area (Å²) in [5, 5.41) is 9.03. The van der Waals surface area contributed by atoms with Crippen LogP contribution < -0.4 is 10.5 Å². The molecule has 1 aromatic rings. The molecule has 0 aliphatic rings. The van der Waals surface area contributed by atoms with Crippen molar-refractivity contribution in [3.05, 3.63) is 24.3 Å². The maximum absolute atomic E-state index is 9.03. The second-order valence-corrected chi connectivity index (χ2v) is 2.90. The second kappa shape index (κ2) is 5.47. The Morgan fingerprint density at radius 2 is 2.00 bits per heavy atom. The van der Waals surface area contributed by atoms with E-state index in [1.165, 1.54) is 0 Å². The third kappa shape index (κ3) is 3.24. The van der Waals surface area contributed by atoms with Gasteiger partial charge in [0, 0.05) is 13.7 Å². The lowest BCUT2D eigenvalue weighted by Gasteiger charge is -2.13. The predicted molar refractivity (Wildman–Crippen MR) is 53.5 cm³/mol. The van der Waals surface area contributed by atoms with Gasteiger partial charge in [0.15, 0.2) is 0 Å². The Morgan fingerprint density at radius 1 is 1.36 bits per heavy atom. The number of benzene rings is 1. The van der Waals surface area contributed by atoms with Crippen molar-refractivity contribution in [1.82, 2.24) is 0 Å². The molecular weight excluding hydrogens is 182 g/mol. The van der Waals surface area contributed by atoms with Crippen molar-refractivity contribution in [2.24, 2.45) is 5.73 Å². The fraction of sp³-hybridized carbons (Fsp3) is 0.400.